The van der Waals surface area contributed by atoms with Crippen molar-refractivity contribution in [1.82, 2.24) is 4.98 Å². The van der Waals surface area contributed by atoms with Gasteiger partial charge in [0.25, 0.3) is 5.91 Å². The molecule has 0 aliphatic heterocycles. The summed E-state index contributed by atoms with van der Waals surface area (Å²) in [4.78, 5) is 15.5. The zero-order valence-electron chi connectivity index (χ0n) is 11.9. The highest BCUT2D eigenvalue weighted by molar-refractivity contribution is 6.13. The molecule has 2 aromatic carbocycles. The third kappa shape index (κ3) is 2.25. The van der Waals surface area contributed by atoms with Crippen LogP contribution in [0.4, 0.5) is 5.69 Å². The monoisotopic (exact) mass is 280 g/mol. The van der Waals surface area contributed by atoms with Gasteiger partial charge in [-0.25, -0.2) is 0 Å². The van der Waals surface area contributed by atoms with E-state index in [0.29, 0.717) is 16.8 Å². The Morgan fingerprint density at radius 1 is 1.14 bits per heavy atom. The van der Waals surface area contributed by atoms with Crippen LogP contribution in [0.25, 0.3) is 10.9 Å². The summed E-state index contributed by atoms with van der Waals surface area (Å²) >= 11 is 0. The lowest BCUT2D eigenvalue weighted by molar-refractivity contribution is 0.102. The fourth-order valence-electron chi connectivity index (χ4n) is 2.42. The number of hydrogen-bond acceptors (Lipinski definition) is 2. The Morgan fingerprint density at radius 3 is 2.71 bits per heavy atom. The summed E-state index contributed by atoms with van der Waals surface area (Å²) in [6.45, 7) is 3.61. The number of phenolic OH excluding ortho intramolecular Hbond substituents is 1. The lowest BCUT2D eigenvalue weighted by Gasteiger charge is -2.11. The van der Waals surface area contributed by atoms with Gasteiger partial charge in [0.2, 0.25) is 0 Å². The van der Waals surface area contributed by atoms with E-state index in [-0.39, 0.29) is 11.7 Å². The molecule has 3 N–H and O–H groups in total. The predicted octanol–water partition coefficient (Wildman–Crippen LogP) is 3.74. The second-order valence-corrected chi connectivity index (χ2v) is 5.11. The smallest absolute Gasteiger partial charge is 0.257 e. The van der Waals surface area contributed by atoms with Crippen LogP contribution in [0.5, 0.6) is 5.75 Å². The molecule has 1 heterocycles. The Morgan fingerprint density at radius 2 is 1.90 bits per heavy atom. The quantitative estimate of drug-likeness (QED) is 0.669. The summed E-state index contributed by atoms with van der Waals surface area (Å²) in [5, 5.41) is 13.7. The van der Waals surface area contributed by atoms with Crippen LogP contribution in [0.15, 0.2) is 42.6 Å². The molecule has 1 aromatic heterocycles. The van der Waals surface area contributed by atoms with Crippen LogP contribution in [0.2, 0.25) is 0 Å². The van der Waals surface area contributed by atoms with Crippen LogP contribution in [0.1, 0.15) is 21.5 Å². The van der Waals surface area contributed by atoms with Gasteiger partial charge in [0, 0.05) is 28.4 Å². The van der Waals surface area contributed by atoms with Crippen LogP contribution in [0.3, 0.4) is 0 Å². The van der Waals surface area contributed by atoms with E-state index >= 15 is 0 Å². The maximum atomic E-state index is 12.4. The number of para-hydroxylation sites is 1. The summed E-state index contributed by atoms with van der Waals surface area (Å²) in [6.07, 6.45) is 1.70. The molecular weight excluding hydrogens is 264 g/mol. The number of benzene rings is 2. The minimum Gasteiger partial charge on any atom is -0.507 e. The first kappa shape index (κ1) is 13.2. The Kier molecular flexibility index (Phi) is 3.14. The molecule has 0 bridgehead atoms. The second-order valence-electron chi connectivity index (χ2n) is 5.11. The Hall–Kier alpha value is -2.75. The first-order valence-corrected chi connectivity index (χ1v) is 6.74. The third-order valence-electron chi connectivity index (χ3n) is 3.71. The number of rotatable bonds is 2. The normalized spacial score (nSPS) is 10.8. The maximum absolute atomic E-state index is 12.4. The number of carbonyl (C=O) groups is 1. The number of aromatic nitrogens is 1. The molecule has 3 rings (SSSR count). The maximum Gasteiger partial charge on any atom is 0.257 e. The van der Waals surface area contributed by atoms with Crippen LogP contribution in [0, 0.1) is 13.8 Å². The molecule has 4 nitrogen and oxygen atoms in total. The average molecular weight is 280 g/mol. The summed E-state index contributed by atoms with van der Waals surface area (Å²) in [6, 6.07) is 11.2. The van der Waals surface area contributed by atoms with Crippen molar-refractivity contribution in [1.29, 1.82) is 0 Å². The number of nitrogens with one attached hydrogen (secondary N) is 2. The highest BCUT2D eigenvalue weighted by Gasteiger charge is 2.14. The van der Waals surface area contributed by atoms with Crippen molar-refractivity contribution >= 4 is 22.5 Å². The number of H-pyrrole nitrogens is 1. The van der Waals surface area contributed by atoms with Crippen molar-refractivity contribution in [3.8, 4) is 5.75 Å². The Labute approximate surface area is 122 Å². The number of aromatic hydroxyl groups is 1. The number of hydrogen-bond donors (Lipinski definition) is 3. The van der Waals surface area contributed by atoms with E-state index in [1.54, 1.807) is 25.3 Å². The Balaban J connectivity index is 1.95. The van der Waals surface area contributed by atoms with E-state index < -0.39 is 0 Å². The highest BCUT2D eigenvalue weighted by atomic mass is 16.3. The number of phenols is 1. The van der Waals surface area contributed by atoms with Crippen LogP contribution >= 0.6 is 0 Å². The molecule has 0 spiro atoms. The number of aromatic amines is 1. The molecule has 21 heavy (non-hydrogen) atoms. The molecule has 0 saturated heterocycles. The van der Waals surface area contributed by atoms with Gasteiger partial charge in [0.15, 0.2) is 0 Å². The van der Waals surface area contributed by atoms with Crippen LogP contribution in [-0.4, -0.2) is 16.0 Å². The molecule has 3 aromatic rings. The minimum atomic E-state index is -0.196. The Bertz CT molecular complexity index is 834. The predicted molar refractivity (Wildman–Crippen MR) is 83.8 cm³/mol. The standard InChI is InChI=1S/C17H16N2O2/c1-10-7-8-14(11(2)16(10)20)19-17(21)13-9-18-15-6-4-3-5-12(13)15/h3-9,18,20H,1-2H3,(H,19,21). The van der Waals surface area contributed by atoms with Gasteiger partial charge >= 0.3 is 0 Å². The minimum absolute atomic E-state index is 0.196. The van der Waals surface area contributed by atoms with E-state index in [1.165, 1.54) is 0 Å². The van der Waals surface area contributed by atoms with Crippen LogP contribution < -0.4 is 5.32 Å². The SMILES string of the molecule is Cc1ccc(NC(=O)c2c[nH]c3ccccc23)c(C)c1O. The van der Waals surface area contributed by atoms with E-state index in [0.717, 1.165) is 16.5 Å². The molecule has 106 valence electrons. The van der Waals surface area contributed by atoms with Gasteiger partial charge < -0.3 is 15.4 Å². The summed E-state index contributed by atoms with van der Waals surface area (Å²) in [5.41, 5.74) is 3.59. The lowest BCUT2D eigenvalue weighted by Crippen LogP contribution is -2.12. The van der Waals surface area contributed by atoms with Crippen molar-refractivity contribution in [2.75, 3.05) is 5.32 Å². The van der Waals surface area contributed by atoms with Gasteiger partial charge in [-0.15, -0.1) is 0 Å². The van der Waals surface area contributed by atoms with Crippen molar-refractivity contribution in [2.45, 2.75) is 13.8 Å². The van der Waals surface area contributed by atoms with Gasteiger partial charge in [0.1, 0.15) is 5.75 Å². The summed E-state index contributed by atoms with van der Waals surface area (Å²) in [7, 11) is 0. The van der Waals surface area contributed by atoms with Crippen LogP contribution in [-0.2, 0) is 0 Å². The summed E-state index contributed by atoms with van der Waals surface area (Å²) < 4.78 is 0. The fourth-order valence-corrected chi connectivity index (χ4v) is 2.42. The molecule has 0 atom stereocenters. The zero-order valence-corrected chi connectivity index (χ0v) is 11.9. The van der Waals surface area contributed by atoms with E-state index in [1.807, 2.05) is 31.2 Å². The largest absolute Gasteiger partial charge is 0.507 e. The van der Waals surface area contributed by atoms with Gasteiger partial charge in [-0.05, 0) is 31.5 Å². The lowest BCUT2D eigenvalue weighted by atomic mass is 10.1. The van der Waals surface area contributed by atoms with Gasteiger partial charge in [-0.1, -0.05) is 24.3 Å². The molecule has 0 fully saturated rings. The molecule has 4 heteroatoms. The summed E-state index contributed by atoms with van der Waals surface area (Å²) in [5.74, 6) is 0.0190. The van der Waals surface area contributed by atoms with Gasteiger partial charge in [0.05, 0.1) is 5.56 Å². The number of carbonyl (C=O) groups excluding carboxylic acids is 1. The van der Waals surface area contributed by atoms with E-state index in [4.69, 9.17) is 0 Å². The molecular formula is C17H16N2O2. The van der Waals surface area contributed by atoms with Gasteiger partial charge in [-0.3, -0.25) is 4.79 Å². The zero-order chi connectivity index (χ0) is 15.0. The molecule has 0 aliphatic carbocycles. The highest BCUT2D eigenvalue weighted by Crippen LogP contribution is 2.29. The number of amides is 1. The van der Waals surface area contributed by atoms with E-state index in [9.17, 15) is 9.90 Å². The van der Waals surface area contributed by atoms with Crippen molar-refractivity contribution in [3.63, 3.8) is 0 Å². The van der Waals surface area contributed by atoms with Crippen molar-refractivity contribution in [2.24, 2.45) is 0 Å². The molecule has 0 saturated carbocycles. The number of aryl methyl sites for hydroxylation is 1. The van der Waals surface area contributed by atoms with Gasteiger partial charge in [-0.2, -0.15) is 0 Å². The molecule has 1 amide bonds. The fraction of sp³-hybridized carbons (Fsp3) is 0.118. The average Bonchev–Trinajstić information content (AvgIpc) is 2.92. The first-order valence-electron chi connectivity index (χ1n) is 6.74. The van der Waals surface area contributed by atoms with Crippen molar-refractivity contribution in [3.05, 3.63) is 59.3 Å². The molecule has 0 aliphatic rings. The van der Waals surface area contributed by atoms with Crippen molar-refractivity contribution < 1.29 is 9.90 Å². The third-order valence-corrected chi connectivity index (χ3v) is 3.71. The number of fused-ring (bicyclic) bond motifs is 1. The van der Waals surface area contributed by atoms with E-state index in [2.05, 4.69) is 10.3 Å². The second kappa shape index (κ2) is 4.98. The number of anilines is 1. The first-order chi connectivity index (χ1) is 10.1. The molecule has 0 unspecified atom stereocenters. The molecule has 0 radical (unpaired) electrons. The topological polar surface area (TPSA) is 65.1 Å².